The standard InChI is InChI=1S/C24H28FN7O/c1-33-21-13-19(8-9-26-21)30-14-16-6-7-17(15-30)22(16)27-23-28-24-31(10-3-11-32(24)29-23)20-5-2-4-18(25)12-20/h2,4-5,8-9,12-13,16-17,22H,3,6-7,10-11,14-15H2,1H3,(H,27,29)/t16-,17+,22+. The molecule has 2 aliphatic heterocycles. The van der Waals surface area contributed by atoms with Crippen molar-refractivity contribution in [1.29, 1.82) is 0 Å². The molecule has 1 saturated carbocycles. The average molecular weight is 450 g/mol. The molecule has 1 aliphatic carbocycles. The second-order valence-electron chi connectivity index (χ2n) is 9.17. The maximum atomic E-state index is 13.8. The monoisotopic (exact) mass is 449 g/mol. The number of ether oxygens (including phenoxy) is 1. The van der Waals surface area contributed by atoms with Gasteiger partial charge in [0.25, 0.3) is 0 Å². The number of rotatable bonds is 5. The zero-order chi connectivity index (χ0) is 22.4. The number of halogens is 1. The van der Waals surface area contributed by atoms with Gasteiger partial charge in [0.2, 0.25) is 17.8 Å². The van der Waals surface area contributed by atoms with Crippen molar-refractivity contribution in [3.63, 3.8) is 0 Å². The number of hydrogen-bond acceptors (Lipinski definition) is 7. The number of hydrogen-bond donors (Lipinski definition) is 1. The zero-order valence-electron chi connectivity index (χ0n) is 18.7. The molecule has 4 heterocycles. The summed E-state index contributed by atoms with van der Waals surface area (Å²) in [6.45, 7) is 3.61. The van der Waals surface area contributed by atoms with E-state index in [1.165, 1.54) is 24.6 Å². The lowest BCUT2D eigenvalue weighted by Crippen LogP contribution is -2.48. The summed E-state index contributed by atoms with van der Waals surface area (Å²) in [5.74, 6) is 2.93. The number of piperidine rings is 1. The van der Waals surface area contributed by atoms with E-state index in [0.717, 1.165) is 44.2 Å². The molecule has 33 heavy (non-hydrogen) atoms. The van der Waals surface area contributed by atoms with Crippen LogP contribution in [0.2, 0.25) is 0 Å². The van der Waals surface area contributed by atoms with E-state index in [0.29, 0.717) is 29.7 Å². The molecule has 2 fully saturated rings. The Morgan fingerprint density at radius 3 is 2.70 bits per heavy atom. The highest BCUT2D eigenvalue weighted by atomic mass is 19.1. The van der Waals surface area contributed by atoms with E-state index >= 15 is 0 Å². The van der Waals surface area contributed by atoms with Gasteiger partial charge in [-0.2, -0.15) is 4.98 Å². The molecule has 0 amide bonds. The number of methoxy groups -OCH3 is 1. The predicted molar refractivity (Wildman–Crippen MR) is 125 cm³/mol. The molecule has 8 nitrogen and oxygen atoms in total. The zero-order valence-corrected chi connectivity index (χ0v) is 18.7. The Balaban J connectivity index is 1.19. The fourth-order valence-corrected chi connectivity index (χ4v) is 5.64. The Morgan fingerprint density at radius 2 is 1.91 bits per heavy atom. The van der Waals surface area contributed by atoms with E-state index in [9.17, 15) is 4.39 Å². The van der Waals surface area contributed by atoms with Crippen molar-refractivity contribution in [2.75, 3.05) is 41.9 Å². The summed E-state index contributed by atoms with van der Waals surface area (Å²) in [4.78, 5) is 13.6. The molecule has 3 aliphatic rings. The lowest BCUT2D eigenvalue weighted by atomic mass is 9.92. The summed E-state index contributed by atoms with van der Waals surface area (Å²) < 4.78 is 21.1. The van der Waals surface area contributed by atoms with E-state index in [2.05, 4.69) is 26.2 Å². The summed E-state index contributed by atoms with van der Waals surface area (Å²) in [6, 6.07) is 11.1. The van der Waals surface area contributed by atoms with Gasteiger partial charge in [-0.3, -0.25) is 0 Å². The minimum atomic E-state index is -0.238. The third-order valence-electron chi connectivity index (χ3n) is 7.19. The highest BCUT2D eigenvalue weighted by Gasteiger charge is 2.43. The highest BCUT2D eigenvalue weighted by molar-refractivity contribution is 5.59. The van der Waals surface area contributed by atoms with Crippen molar-refractivity contribution < 1.29 is 9.13 Å². The second kappa shape index (κ2) is 8.20. The summed E-state index contributed by atoms with van der Waals surface area (Å²) in [7, 11) is 1.65. The van der Waals surface area contributed by atoms with Crippen LogP contribution in [0.5, 0.6) is 5.88 Å². The molecule has 1 saturated heterocycles. The fraction of sp³-hybridized carbons (Fsp3) is 0.458. The van der Waals surface area contributed by atoms with Crippen molar-refractivity contribution in [3.8, 4) is 5.88 Å². The van der Waals surface area contributed by atoms with E-state index in [4.69, 9.17) is 14.8 Å². The van der Waals surface area contributed by atoms with Gasteiger partial charge in [0.05, 0.1) is 7.11 Å². The molecular weight excluding hydrogens is 421 g/mol. The summed E-state index contributed by atoms with van der Waals surface area (Å²) in [6.07, 6.45) is 5.16. The molecule has 2 aromatic heterocycles. The largest absolute Gasteiger partial charge is 0.481 e. The van der Waals surface area contributed by atoms with Crippen LogP contribution in [0.4, 0.5) is 27.7 Å². The van der Waals surface area contributed by atoms with Crippen molar-refractivity contribution in [3.05, 3.63) is 48.4 Å². The van der Waals surface area contributed by atoms with Crippen LogP contribution in [0.3, 0.4) is 0 Å². The fourth-order valence-electron chi connectivity index (χ4n) is 5.64. The Labute approximate surface area is 192 Å². The van der Waals surface area contributed by atoms with Crippen LogP contribution in [0.25, 0.3) is 0 Å². The lowest BCUT2D eigenvalue weighted by molar-refractivity contribution is 0.374. The smallest absolute Gasteiger partial charge is 0.244 e. The summed E-state index contributed by atoms with van der Waals surface area (Å²) in [5.41, 5.74) is 1.98. The van der Waals surface area contributed by atoms with E-state index in [-0.39, 0.29) is 5.82 Å². The highest BCUT2D eigenvalue weighted by Crippen LogP contribution is 2.40. The van der Waals surface area contributed by atoms with Crippen molar-refractivity contribution in [2.45, 2.75) is 31.8 Å². The van der Waals surface area contributed by atoms with Gasteiger partial charge in [0.15, 0.2) is 0 Å². The normalized spacial score (nSPS) is 24.0. The minimum absolute atomic E-state index is 0.238. The van der Waals surface area contributed by atoms with Crippen molar-refractivity contribution >= 4 is 23.3 Å². The number of pyridine rings is 1. The van der Waals surface area contributed by atoms with Gasteiger partial charge in [0.1, 0.15) is 5.82 Å². The first kappa shape index (κ1) is 20.3. The van der Waals surface area contributed by atoms with Crippen LogP contribution < -0.4 is 19.9 Å². The Kier molecular flexibility index (Phi) is 5.04. The number of nitrogens with zero attached hydrogens (tertiary/aromatic N) is 6. The minimum Gasteiger partial charge on any atom is -0.481 e. The number of anilines is 4. The molecule has 9 heteroatoms. The number of aromatic nitrogens is 4. The molecule has 172 valence electrons. The first-order chi connectivity index (χ1) is 16.2. The molecule has 3 aromatic rings. The molecule has 1 aromatic carbocycles. The molecule has 0 spiro atoms. The Hall–Kier alpha value is -3.36. The number of aryl methyl sites for hydroxylation is 1. The third kappa shape index (κ3) is 3.75. The lowest BCUT2D eigenvalue weighted by Gasteiger charge is -2.39. The summed E-state index contributed by atoms with van der Waals surface area (Å²) in [5, 5.41) is 8.43. The van der Waals surface area contributed by atoms with E-state index in [1.54, 1.807) is 19.2 Å². The molecule has 1 N–H and O–H groups in total. The van der Waals surface area contributed by atoms with Crippen molar-refractivity contribution in [1.82, 2.24) is 19.7 Å². The van der Waals surface area contributed by atoms with Crippen molar-refractivity contribution in [2.24, 2.45) is 11.8 Å². The van der Waals surface area contributed by atoms with Gasteiger partial charge >= 0.3 is 0 Å². The van der Waals surface area contributed by atoms with E-state index < -0.39 is 0 Å². The van der Waals surface area contributed by atoms with Gasteiger partial charge in [0, 0.05) is 55.9 Å². The van der Waals surface area contributed by atoms with Gasteiger partial charge in [-0.1, -0.05) is 6.07 Å². The van der Waals surface area contributed by atoms with Crippen LogP contribution >= 0.6 is 0 Å². The number of nitrogens with one attached hydrogen (secondary N) is 1. The van der Waals surface area contributed by atoms with Gasteiger partial charge in [-0.05, 0) is 55.4 Å². The van der Waals surface area contributed by atoms with Crippen LogP contribution in [-0.2, 0) is 6.54 Å². The van der Waals surface area contributed by atoms with Crippen LogP contribution in [0, 0.1) is 17.7 Å². The Bertz CT molecular complexity index is 1140. The summed E-state index contributed by atoms with van der Waals surface area (Å²) >= 11 is 0. The van der Waals surface area contributed by atoms with Gasteiger partial charge < -0.3 is 19.9 Å². The topological polar surface area (TPSA) is 71.3 Å². The maximum absolute atomic E-state index is 13.8. The number of benzene rings is 1. The quantitative estimate of drug-likeness (QED) is 0.637. The average Bonchev–Trinajstić information content (AvgIpc) is 3.34. The van der Waals surface area contributed by atoms with Crippen LogP contribution in [0.1, 0.15) is 19.3 Å². The first-order valence-corrected chi connectivity index (χ1v) is 11.7. The number of fused-ring (bicyclic) bond motifs is 3. The molecule has 0 radical (unpaired) electrons. The molecule has 3 atom stereocenters. The first-order valence-electron chi connectivity index (χ1n) is 11.7. The maximum Gasteiger partial charge on any atom is 0.244 e. The van der Waals surface area contributed by atoms with Crippen LogP contribution in [0.15, 0.2) is 42.6 Å². The third-order valence-corrected chi connectivity index (χ3v) is 7.19. The van der Waals surface area contributed by atoms with Gasteiger partial charge in [-0.15, -0.1) is 5.10 Å². The molecule has 2 bridgehead atoms. The predicted octanol–water partition coefficient (Wildman–Crippen LogP) is 3.69. The molecular formula is C24H28FN7O. The Morgan fingerprint density at radius 1 is 1.06 bits per heavy atom. The van der Waals surface area contributed by atoms with E-state index in [1.807, 2.05) is 23.0 Å². The molecule has 6 rings (SSSR count). The van der Waals surface area contributed by atoms with Crippen LogP contribution in [-0.4, -0.2) is 52.5 Å². The SMILES string of the molecule is COc1cc(N2C[C@H]3CC[C@@H](C2)[C@H]3Nc2nc3n(n2)CCCN3c2cccc(F)c2)ccn1. The second-order valence-corrected chi connectivity index (χ2v) is 9.17. The van der Waals surface area contributed by atoms with Gasteiger partial charge in [-0.25, -0.2) is 14.1 Å². The molecule has 0 unspecified atom stereocenters.